The summed E-state index contributed by atoms with van der Waals surface area (Å²) in [6.45, 7) is 0. The van der Waals surface area contributed by atoms with Gasteiger partial charge < -0.3 is 0 Å². The molecule has 0 aromatic carbocycles. The molecule has 0 aliphatic rings. The molecule has 1 heterocycles. The van der Waals surface area contributed by atoms with Crippen LogP contribution in [0, 0.1) is 0 Å². The first kappa shape index (κ1) is 7.57. The lowest BCUT2D eigenvalue weighted by atomic mass is 10.5. The molecule has 0 spiro atoms. The van der Waals surface area contributed by atoms with Crippen LogP contribution in [-0.2, 0) is 7.05 Å². The lowest BCUT2D eigenvalue weighted by Gasteiger charge is -1.82. The molecule has 0 bridgehead atoms. The number of hydrogen-bond acceptors (Lipinski definition) is 2. The van der Waals surface area contributed by atoms with E-state index < -0.39 is 5.24 Å². The molecule has 1 rings (SSSR count). The molecule has 0 N–H and O–H groups in total. The van der Waals surface area contributed by atoms with Crippen LogP contribution in [0.25, 0.3) is 0 Å². The highest BCUT2D eigenvalue weighted by Gasteiger charge is 2.10. The van der Waals surface area contributed by atoms with Crippen LogP contribution in [0.2, 0.25) is 5.02 Å². The monoisotopic (exact) mass is 178 g/mol. The highest BCUT2D eigenvalue weighted by molar-refractivity contribution is 6.68. The van der Waals surface area contributed by atoms with Gasteiger partial charge in [-0.2, -0.15) is 5.10 Å². The number of nitrogens with zero attached hydrogens (tertiary/aromatic N) is 2. The van der Waals surface area contributed by atoms with Gasteiger partial charge in [0, 0.05) is 13.2 Å². The number of rotatable bonds is 1. The zero-order chi connectivity index (χ0) is 7.72. The maximum Gasteiger partial charge on any atom is 0.274 e. The Balaban J connectivity index is 3.15. The standard InChI is InChI=1S/C5H4Cl2N2O/c1-9-2-3(6)4(8-9)5(7)10/h2H,1H3. The fourth-order valence-electron chi connectivity index (χ4n) is 0.593. The molecule has 1 aromatic rings. The number of halogens is 2. The number of aromatic nitrogens is 2. The van der Waals surface area contributed by atoms with E-state index in [2.05, 4.69) is 5.10 Å². The summed E-state index contributed by atoms with van der Waals surface area (Å²) in [7, 11) is 1.66. The van der Waals surface area contributed by atoms with E-state index in [1.165, 1.54) is 10.9 Å². The van der Waals surface area contributed by atoms with Crippen LogP contribution in [0.15, 0.2) is 6.20 Å². The second-order valence-corrected chi connectivity index (χ2v) is 2.52. The Kier molecular flexibility index (Phi) is 1.97. The summed E-state index contributed by atoms with van der Waals surface area (Å²) in [5, 5.41) is 3.36. The van der Waals surface area contributed by atoms with Gasteiger partial charge in [0.15, 0.2) is 5.69 Å². The SMILES string of the molecule is Cn1cc(Cl)c(C(=O)Cl)n1. The van der Waals surface area contributed by atoms with Gasteiger partial charge in [0.25, 0.3) is 5.24 Å². The van der Waals surface area contributed by atoms with E-state index in [1.807, 2.05) is 0 Å². The molecule has 0 unspecified atom stereocenters. The van der Waals surface area contributed by atoms with Crippen molar-refractivity contribution in [3.63, 3.8) is 0 Å². The third kappa shape index (κ3) is 1.30. The Labute approximate surface area is 67.5 Å². The molecule has 0 saturated carbocycles. The van der Waals surface area contributed by atoms with Crippen LogP contribution < -0.4 is 0 Å². The Bertz CT molecular complexity index is 269. The molecule has 0 radical (unpaired) electrons. The van der Waals surface area contributed by atoms with Crippen LogP contribution in [0.1, 0.15) is 10.5 Å². The van der Waals surface area contributed by atoms with Gasteiger partial charge in [-0.15, -0.1) is 0 Å². The zero-order valence-corrected chi connectivity index (χ0v) is 6.65. The van der Waals surface area contributed by atoms with Crippen molar-refractivity contribution in [3.05, 3.63) is 16.9 Å². The smallest absolute Gasteiger partial charge is 0.274 e. The third-order valence-electron chi connectivity index (χ3n) is 0.970. The van der Waals surface area contributed by atoms with Crippen LogP contribution in [0.3, 0.4) is 0 Å². The topological polar surface area (TPSA) is 34.9 Å². The Morgan fingerprint density at radius 3 is 2.60 bits per heavy atom. The normalized spacial score (nSPS) is 9.90. The van der Waals surface area contributed by atoms with Gasteiger partial charge in [-0.3, -0.25) is 9.48 Å². The first-order valence-electron chi connectivity index (χ1n) is 2.50. The molecule has 54 valence electrons. The van der Waals surface area contributed by atoms with Crippen molar-refractivity contribution < 1.29 is 4.79 Å². The lowest BCUT2D eigenvalue weighted by molar-refractivity contribution is 0.107. The predicted molar refractivity (Wildman–Crippen MR) is 38.4 cm³/mol. The third-order valence-corrected chi connectivity index (χ3v) is 1.43. The van der Waals surface area contributed by atoms with Crippen LogP contribution in [0.5, 0.6) is 0 Å². The highest BCUT2D eigenvalue weighted by atomic mass is 35.5. The first-order chi connectivity index (χ1) is 4.61. The second-order valence-electron chi connectivity index (χ2n) is 1.77. The van der Waals surface area contributed by atoms with E-state index in [9.17, 15) is 4.79 Å². The molecule has 1 aromatic heterocycles. The van der Waals surface area contributed by atoms with Gasteiger partial charge in [0.2, 0.25) is 0 Å². The van der Waals surface area contributed by atoms with Crippen molar-refractivity contribution in [2.45, 2.75) is 0 Å². The van der Waals surface area contributed by atoms with Crippen molar-refractivity contribution in [3.8, 4) is 0 Å². The minimum absolute atomic E-state index is 0.103. The molecular formula is C5H4Cl2N2O. The molecule has 0 aliphatic heterocycles. The Morgan fingerprint density at radius 2 is 2.40 bits per heavy atom. The van der Waals surface area contributed by atoms with Gasteiger partial charge in [0.1, 0.15) is 0 Å². The number of carbonyl (C=O) groups is 1. The van der Waals surface area contributed by atoms with Gasteiger partial charge in [-0.25, -0.2) is 0 Å². The largest absolute Gasteiger partial charge is 0.274 e. The molecule has 0 saturated heterocycles. The fraction of sp³-hybridized carbons (Fsp3) is 0.200. The molecule has 0 amide bonds. The average Bonchev–Trinajstić information content (AvgIpc) is 2.10. The van der Waals surface area contributed by atoms with Crippen LogP contribution in [-0.4, -0.2) is 15.0 Å². The first-order valence-corrected chi connectivity index (χ1v) is 3.26. The van der Waals surface area contributed by atoms with Gasteiger partial charge in [-0.1, -0.05) is 11.6 Å². The summed E-state index contributed by atoms with van der Waals surface area (Å²) < 4.78 is 1.43. The lowest BCUT2D eigenvalue weighted by Crippen LogP contribution is -1.93. The summed E-state index contributed by atoms with van der Waals surface area (Å²) in [5.74, 6) is 0. The van der Waals surface area contributed by atoms with E-state index in [0.717, 1.165) is 0 Å². The van der Waals surface area contributed by atoms with E-state index >= 15 is 0 Å². The second kappa shape index (κ2) is 2.60. The number of hydrogen-bond donors (Lipinski definition) is 0. The Hall–Kier alpha value is -0.540. The molecule has 0 aliphatic carbocycles. The van der Waals surface area contributed by atoms with E-state index in [4.69, 9.17) is 23.2 Å². The van der Waals surface area contributed by atoms with E-state index in [-0.39, 0.29) is 10.7 Å². The van der Waals surface area contributed by atoms with Crippen molar-refractivity contribution >= 4 is 28.4 Å². The molecule has 5 heteroatoms. The van der Waals surface area contributed by atoms with Gasteiger partial charge >= 0.3 is 0 Å². The average molecular weight is 179 g/mol. The maximum atomic E-state index is 10.5. The van der Waals surface area contributed by atoms with E-state index in [0.29, 0.717) is 0 Å². The highest BCUT2D eigenvalue weighted by Crippen LogP contribution is 2.14. The quantitative estimate of drug-likeness (QED) is 0.611. The minimum Gasteiger partial charge on any atom is -0.274 e. The summed E-state index contributed by atoms with van der Waals surface area (Å²) in [4.78, 5) is 10.5. The molecular weight excluding hydrogens is 175 g/mol. The van der Waals surface area contributed by atoms with Crippen molar-refractivity contribution in [2.75, 3.05) is 0 Å². The van der Waals surface area contributed by atoms with Crippen LogP contribution in [0.4, 0.5) is 0 Å². The Morgan fingerprint density at radius 1 is 1.80 bits per heavy atom. The maximum absolute atomic E-state index is 10.5. The van der Waals surface area contributed by atoms with Gasteiger partial charge in [0.05, 0.1) is 5.02 Å². The molecule has 10 heavy (non-hydrogen) atoms. The summed E-state index contributed by atoms with van der Waals surface area (Å²) in [6, 6.07) is 0. The summed E-state index contributed by atoms with van der Waals surface area (Å²) in [6.07, 6.45) is 1.51. The number of carbonyl (C=O) groups excluding carboxylic acids is 1. The van der Waals surface area contributed by atoms with Crippen molar-refractivity contribution in [1.29, 1.82) is 0 Å². The minimum atomic E-state index is -0.634. The summed E-state index contributed by atoms with van der Waals surface area (Å²) >= 11 is 10.7. The van der Waals surface area contributed by atoms with E-state index in [1.54, 1.807) is 7.05 Å². The zero-order valence-electron chi connectivity index (χ0n) is 5.14. The number of aryl methyl sites for hydroxylation is 1. The fourth-order valence-corrected chi connectivity index (χ4v) is 1.05. The van der Waals surface area contributed by atoms with Crippen LogP contribution >= 0.6 is 23.2 Å². The molecule has 0 fully saturated rings. The predicted octanol–water partition coefficient (Wildman–Crippen LogP) is 1.45. The van der Waals surface area contributed by atoms with Crippen molar-refractivity contribution in [1.82, 2.24) is 9.78 Å². The van der Waals surface area contributed by atoms with Gasteiger partial charge in [-0.05, 0) is 11.6 Å². The van der Waals surface area contributed by atoms with Crippen molar-refractivity contribution in [2.24, 2.45) is 7.05 Å². The molecule has 3 nitrogen and oxygen atoms in total. The molecule has 0 atom stereocenters. The summed E-state index contributed by atoms with van der Waals surface area (Å²) in [5.41, 5.74) is 0.103.